The largest absolute Gasteiger partial charge is 0.300 e. The summed E-state index contributed by atoms with van der Waals surface area (Å²) in [4.78, 5) is 8.58. The van der Waals surface area contributed by atoms with Crippen LogP contribution in [0, 0.1) is 0 Å². The van der Waals surface area contributed by atoms with Gasteiger partial charge in [0.2, 0.25) is 0 Å². The molecule has 0 unspecified atom stereocenters. The number of hydrogen-bond donors (Lipinski definition) is 0. The molecular formula is C18H13N3. The van der Waals surface area contributed by atoms with Crippen molar-refractivity contribution in [3.63, 3.8) is 0 Å². The Labute approximate surface area is 122 Å². The van der Waals surface area contributed by atoms with Crippen LogP contribution in [-0.2, 0) is 0 Å². The molecule has 0 bridgehead atoms. The monoisotopic (exact) mass is 271 g/mol. The molecule has 0 aliphatic rings. The normalized spacial score (nSPS) is 10.9. The molecule has 0 aliphatic heterocycles. The maximum Gasteiger partial charge on any atom is 0.137 e. The fraction of sp³-hybridized carbons (Fsp3) is 0. The number of nitrogens with zero attached hydrogens (tertiary/aromatic N) is 3. The zero-order chi connectivity index (χ0) is 14.1. The van der Waals surface area contributed by atoms with Crippen molar-refractivity contribution in [1.82, 2.24) is 14.4 Å². The van der Waals surface area contributed by atoms with E-state index >= 15 is 0 Å². The topological polar surface area (TPSA) is 30.2 Å². The highest BCUT2D eigenvalue weighted by molar-refractivity contribution is 5.70. The average Bonchev–Trinajstić information content (AvgIpc) is 2.99. The van der Waals surface area contributed by atoms with E-state index in [0.29, 0.717) is 0 Å². The molecule has 21 heavy (non-hydrogen) atoms. The third-order valence-corrected chi connectivity index (χ3v) is 3.60. The van der Waals surface area contributed by atoms with Gasteiger partial charge in [0, 0.05) is 24.2 Å². The molecule has 3 heteroatoms. The Balaban J connectivity index is 1.85. The van der Waals surface area contributed by atoms with Crippen LogP contribution in [0.2, 0.25) is 0 Å². The quantitative estimate of drug-likeness (QED) is 0.550. The maximum absolute atomic E-state index is 4.52. The molecule has 0 radical (unpaired) electrons. The van der Waals surface area contributed by atoms with Crippen molar-refractivity contribution < 1.29 is 0 Å². The van der Waals surface area contributed by atoms with Gasteiger partial charge in [0.15, 0.2) is 0 Å². The average molecular weight is 271 g/mol. The number of aromatic nitrogens is 3. The molecule has 1 aromatic carbocycles. The van der Waals surface area contributed by atoms with E-state index in [1.165, 1.54) is 11.1 Å². The van der Waals surface area contributed by atoms with Crippen molar-refractivity contribution in [2.24, 2.45) is 0 Å². The lowest BCUT2D eigenvalue weighted by atomic mass is 10.1. The Morgan fingerprint density at radius 3 is 2.38 bits per heavy atom. The third-order valence-electron chi connectivity index (χ3n) is 3.60. The molecule has 100 valence electrons. The van der Waals surface area contributed by atoms with Gasteiger partial charge in [-0.05, 0) is 35.4 Å². The van der Waals surface area contributed by atoms with E-state index in [-0.39, 0.29) is 0 Å². The van der Waals surface area contributed by atoms with Gasteiger partial charge in [0.1, 0.15) is 5.65 Å². The SMILES string of the molecule is c1ccc(-c2ccn3c(-c4ccncc4)cnc3c2)cc1. The second kappa shape index (κ2) is 4.87. The van der Waals surface area contributed by atoms with Crippen molar-refractivity contribution in [1.29, 1.82) is 0 Å². The van der Waals surface area contributed by atoms with Crippen LogP contribution in [0.4, 0.5) is 0 Å². The number of pyridine rings is 2. The summed E-state index contributed by atoms with van der Waals surface area (Å²) in [7, 11) is 0. The molecule has 0 fully saturated rings. The van der Waals surface area contributed by atoms with E-state index in [4.69, 9.17) is 0 Å². The second-order valence-corrected chi connectivity index (χ2v) is 4.89. The van der Waals surface area contributed by atoms with Crippen LogP contribution >= 0.6 is 0 Å². The number of rotatable bonds is 2. The number of hydrogen-bond acceptors (Lipinski definition) is 2. The minimum Gasteiger partial charge on any atom is -0.300 e. The van der Waals surface area contributed by atoms with Gasteiger partial charge >= 0.3 is 0 Å². The van der Waals surface area contributed by atoms with E-state index in [1.807, 2.05) is 36.5 Å². The van der Waals surface area contributed by atoms with E-state index < -0.39 is 0 Å². The summed E-state index contributed by atoms with van der Waals surface area (Å²) in [6.07, 6.45) is 7.57. The highest BCUT2D eigenvalue weighted by atomic mass is 15.0. The van der Waals surface area contributed by atoms with Crippen LogP contribution in [0.25, 0.3) is 28.0 Å². The molecule has 0 spiro atoms. The van der Waals surface area contributed by atoms with Crippen LogP contribution in [0.5, 0.6) is 0 Å². The maximum atomic E-state index is 4.52. The van der Waals surface area contributed by atoms with Gasteiger partial charge in [-0.25, -0.2) is 4.98 Å². The van der Waals surface area contributed by atoms with Gasteiger partial charge in [0.05, 0.1) is 11.9 Å². The van der Waals surface area contributed by atoms with Gasteiger partial charge in [-0.3, -0.25) is 9.38 Å². The zero-order valence-electron chi connectivity index (χ0n) is 11.3. The molecule has 0 saturated heterocycles. The number of benzene rings is 1. The second-order valence-electron chi connectivity index (χ2n) is 4.89. The number of fused-ring (bicyclic) bond motifs is 1. The van der Waals surface area contributed by atoms with Gasteiger partial charge in [-0.2, -0.15) is 0 Å². The molecule has 0 atom stereocenters. The molecule has 0 aliphatic carbocycles. The third kappa shape index (κ3) is 2.09. The summed E-state index contributed by atoms with van der Waals surface area (Å²) in [5.74, 6) is 0. The van der Waals surface area contributed by atoms with Crippen molar-refractivity contribution in [2.45, 2.75) is 0 Å². The minimum absolute atomic E-state index is 0.947. The first-order valence-corrected chi connectivity index (χ1v) is 6.85. The van der Waals surface area contributed by atoms with Crippen LogP contribution in [0.3, 0.4) is 0 Å². The number of imidazole rings is 1. The summed E-state index contributed by atoms with van der Waals surface area (Å²) in [6.45, 7) is 0. The van der Waals surface area contributed by atoms with Gasteiger partial charge < -0.3 is 0 Å². The molecule has 4 rings (SSSR count). The standard InChI is InChI=1S/C18H13N3/c1-2-4-14(5-3-1)16-8-11-21-17(13-20-18(21)12-16)15-6-9-19-10-7-15/h1-13H. The van der Waals surface area contributed by atoms with E-state index in [2.05, 4.69) is 44.8 Å². The highest BCUT2D eigenvalue weighted by Crippen LogP contribution is 2.24. The Morgan fingerprint density at radius 2 is 1.57 bits per heavy atom. The van der Waals surface area contributed by atoms with Gasteiger partial charge in [-0.1, -0.05) is 30.3 Å². The summed E-state index contributed by atoms with van der Waals surface area (Å²) < 4.78 is 2.10. The van der Waals surface area contributed by atoms with Gasteiger partial charge in [-0.15, -0.1) is 0 Å². The van der Waals surface area contributed by atoms with Gasteiger partial charge in [0.25, 0.3) is 0 Å². The summed E-state index contributed by atoms with van der Waals surface area (Å²) >= 11 is 0. The lowest BCUT2D eigenvalue weighted by Gasteiger charge is -2.04. The summed E-state index contributed by atoms with van der Waals surface area (Å²) in [6, 6.07) is 18.6. The van der Waals surface area contributed by atoms with Crippen LogP contribution in [0.1, 0.15) is 0 Å². The predicted octanol–water partition coefficient (Wildman–Crippen LogP) is 4.06. The first-order chi connectivity index (χ1) is 10.4. The van der Waals surface area contributed by atoms with Crippen molar-refractivity contribution >= 4 is 5.65 Å². The molecular weight excluding hydrogens is 258 g/mol. The molecule has 0 N–H and O–H groups in total. The van der Waals surface area contributed by atoms with E-state index in [0.717, 1.165) is 16.9 Å². The Kier molecular flexibility index (Phi) is 2.75. The van der Waals surface area contributed by atoms with Crippen molar-refractivity contribution in [2.75, 3.05) is 0 Å². The Bertz CT molecular complexity index is 880. The Morgan fingerprint density at radius 1 is 0.762 bits per heavy atom. The molecule has 4 aromatic rings. The highest BCUT2D eigenvalue weighted by Gasteiger charge is 2.06. The van der Waals surface area contributed by atoms with Crippen molar-refractivity contribution in [3.05, 3.63) is 79.4 Å². The molecule has 3 nitrogen and oxygen atoms in total. The first-order valence-electron chi connectivity index (χ1n) is 6.85. The smallest absolute Gasteiger partial charge is 0.137 e. The fourth-order valence-electron chi connectivity index (χ4n) is 2.53. The lowest BCUT2D eigenvalue weighted by molar-refractivity contribution is 1.19. The molecule has 0 saturated carbocycles. The predicted molar refractivity (Wildman–Crippen MR) is 83.9 cm³/mol. The van der Waals surface area contributed by atoms with E-state index in [9.17, 15) is 0 Å². The van der Waals surface area contributed by atoms with Crippen molar-refractivity contribution in [3.8, 4) is 22.4 Å². The molecule has 3 heterocycles. The lowest BCUT2D eigenvalue weighted by Crippen LogP contribution is -1.89. The van der Waals surface area contributed by atoms with Crippen LogP contribution in [-0.4, -0.2) is 14.4 Å². The first kappa shape index (κ1) is 11.9. The minimum atomic E-state index is 0.947. The van der Waals surface area contributed by atoms with Crippen LogP contribution < -0.4 is 0 Å². The Hall–Kier alpha value is -2.94. The van der Waals surface area contributed by atoms with Crippen LogP contribution in [0.15, 0.2) is 79.4 Å². The van der Waals surface area contributed by atoms with E-state index in [1.54, 1.807) is 12.4 Å². The molecule has 0 amide bonds. The zero-order valence-corrected chi connectivity index (χ0v) is 11.3. The summed E-state index contributed by atoms with van der Waals surface area (Å²) in [5, 5.41) is 0. The fourth-order valence-corrected chi connectivity index (χ4v) is 2.53. The molecule has 3 aromatic heterocycles. The summed E-state index contributed by atoms with van der Waals surface area (Å²) in [5.41, 5.74) is 5.52.